The molecule has 1 atom stereocenters. The topological polar surface area (TPSA) is 15.3 Å². The van der Waals surface area contributed by atoms with Crippen LogP contribution in [0.15, 0.2) is 0 Å². The molecule has 1 aliphatic heterocycles. The second-order valence-electron chi connectivity index (χ2n) is 8.40. The van der Waals surface area contributed by atoms with Crippen molar-refractivity contribution in [2.24, 2.45) is 5.41 Å². The highest BCUT2D eigenvalue weighted by molar-refractivity contribution is 8.00. The van der Waals surface area contributed by atoms with Crippen molar-refractivity contribution in [3.8, 4) is 0 Å². The predicted molar refractivity (Wildman–Crippen MR) is 93.7 cm³/mol. The summed E-state index contributed by atoms with van der Waals surface area (Å²) < 4.78 is 0.459. The maximum Gasteiger partial charge on any atom is 0.0116 e. The van der Waals surface area contributed by atoms with E-state index in [2.05, 4.69) is 70.4 Å². The number of thioether (sulfide) groups is 1. The number of hydrogen-bond acceptors (Lipinski definition) is 3. The van der Waals surface area contributed by atoms with Gasteiger partial charge >= 0.3 is 0 Å². The monoisotopic (exact) mass is 300 g/mol. The van der Waals surface area contributed by atoms with Gasteiger partial charge in [-0.3, -0.25) is 0 Å². The summed E-state index contributed by atoms with van der Waals surface area (Å²) in [4.78, 5) is 2.69. The highest BCUT2D eigenvalue weighted by atomic mass is 32.2. The molecular weight excluding hydrogens is 264 g/mol. The fourth-order valence-electron chi connectivity index (χ4n) is 2.53. The Balaban J connectivity index is 2.54. The normalized spacial score (nSPS) is 24.1. The quantitative estimate of drug-likeness (QED) is 0.826. The molecule has 0 bridgehead atoms. The molecule has 1 unspecified atom stereocenters. The highest BCUT2D eigenvalue weighted by Crippen LogP contribution is 2.32. The zero-order chi connectivity index (χ0) is 15.4. The Morgan fingerprint density at radius 3 is 2.35 bits per heavy atom. The summed E-state index contributed by atoms with van der Waals surface area (Å²) >= 11 is 2.14. The first kappa shape index (κ1) is 18.3. The number of rotatable bonds is 5. The van der Waals surface area contributed by atoms with Crippen LogP contribution in [0.25, 0.3) is 0 Å². The Morgan fingerprint density at radius 1 is 1.15 bits per heavy atom. The van der Waals surface area contributed by atoms with Gasteiger partial charge < -0.3 is 10.2 Å². The van der Waals surface area contributed by atoms with Crippen LogP contribution in [0.3, 0.4) is 0 Å². The Hall–Kier alpha value is 0.270. The molecule has 1 heterocycles. The van der Waals surface area contributed by atoms with E-state index in [1.807, 2.05) is 0 Å². The van der Waals surface area contributed by atoms with Gasteiger partial charge in [-0.15, -0.1) is 0 Å². The molecule has 0 aliphatic carbocycles. The Morgan fingerprint density at radius 2 is 1.80 bits per heavy atom. The van der Waals surface area contributed by atoms with E-state index in [0.29, 0.717) is 10.2 Å². The molecule has 1 N–H and O–H groups in total. The Labute approximate surface area is 131 Å². The minimum Gasteiger partial charge on any atom is -0.311 e. The second kappa shape index (κ2) is 7.02. The number of nitrogens with one attached hydrogen (secondary N) is 1. The molecule has 0 aromatic rings. The van der Waals surface area contributed by atoms with Gasteiger partial charge in [0, 0.05) is 35.7 Å². The molecule has 0 amide bonds. The molecule has 0 aromatic heterocycles. The van der Waals surface area contributed by atoms with E-state index in [1.54, 1.807) is 0 Å². The standard InChI is InChI=1S/C17H36N2S/c1-8-17(7,13-18-15(2,3)4)14-19-10-9-16(5,6)20-12-11-19/h18H,8-14H2,1-7H3. The zero-order valence-corrected chi connectivity index (χ0v) is 15.6. The highest BCUT2D eigenvalue weighted by Gasteiger charge is 2.30. The molecule has 1 saturated heterocycles. The first-order valence-corrected chi connectivity index (χ1v) is 9.15. The Kier molecular flexibility index (Phi) is 6.43. The summed E-state index contributed by atoms with van der Waals surface area (Å²) in [7, 11) is 0. The molecule has 1 aliphatic rings. The predicted octanol–water partition coefficient (Wildman–Crippen LogP) is 4.01. The lowest BCUT2D eigenvalue weighted by Crippen LogP contribution is -2.47. The summed E-state index contributed by atoms with van der Waals surface area (Å²) in [6.07, 6.45) is 2.55. The summed E-state index contributed by atoms with van der Waals surface area (Å²) in [6.45, 7) is 21.2. The van der Waals surface area contributed by atoms with Gasteiger partial charge in [0.1, 0.15) is 0 Å². The molecular formula is C17H36N2S. The molecule has 1 fully saturated rings. The third-order valence-electron chi connectivity index (χ3n) is 4.43. The number of nitrogens with zero attached hydrogens (tertiary/aromatic N) is 1. The van der Waals surface area contributed by atoms with Gasteiger partial charge in [0.2, 0.25) is 0 Å². The summed E-state index contributed by atoms with van der Waals surface area (Å²) in [5, 5.41) is 3.70. The fourth-order valence-corrected chi connectivity index (χ4v) is 3.67. The first-order chi connectivity index (χ1) is 9.05. The lowest BCUT2D eigenvalue weighted by molar-refractivity contribution is 0.150. The molecule has 0 aromatic carbocycles. The third-order valence-corrected chi connectivity index (χ3v) is 5.81. The van der Waals surface area contributed by atoms with Crippen LogP contribution in [0, 0.1) is 5.41 Å². The SMILES string of the molecule is CCC(C)(CNC(C)(C)C)CN1CCSC(C)(C)CC1. The van der Waals surface area contributed by atoms with Crippen molar-refractivity contribution in [1.29, 1.82) is 0 Å². The van der Waals surface area contributed by atoms with Crippen molar-refractivity contribution >= 4 is 11.8 Å². The fraction of sp³-hybridized carbons (Fsp3) is 1.00. The van der Waals surface area contributed by atoms with Crippen molar-refractivity contribution in [2.45, 2.75) is 71.6 Å². The van der Waals surface area contributed by atoms with Crippen LogP contribution in [0.4, 0.5) is 0 Å². The summed E-state index contributed by atoms with van der Waals surface area (Å²) in [5.41, 5.74) is 0.597. The minimum atomic E-state index is 0.215. The van der Waals surface area contributed by atoms with E-state index in [9.17, 15) is 0 Å². The first-order valence-electron chi connectivity index (χ1n) is 8.17. The molecule has 3 heteroatoms. The molecule has 20 heavy (non-hydrogen) atoms. The van der Waals surface area contributed by atoms with Crippen LogP contribution in [0.1, 0.15) is 61.3 Å². The van der Waals surface area contributed by atoms with E-state index in [-0.39, 0.29) is 5.54 Å². The van der Waals surface area contributed by atoms with Gasteiger partial charge in [-0.2, -0.15) is 11.8 Å². The maximum absolute atomic E-state index is 3.70. The van der Waals surface area contributed by atoms with Crippen LogP contribution in [-0.4, -0.2) is 47.1 Å². The zero-order valence-electron chi connectivity index (χ0n) is 14.8. The van der Waals surface area contributed by atoms with Gasteiger partial charge in [-0.25, -0.2) is 0 Å². The van der Waals surface area contributed by atoms with Crippen molar-refractivity contribution in [2.75, 3.05) is 31.9 Å². The molecule has 2 nitrogen and oxygen atoms in total. The van der Waals surface area contributed by atoms with Gasteiger partial charge in [0.05, 0.1) is 0 Å². The van der Waals surface area contributed by atoms with Crippen LogP contribution in [0.2, 0.25) is 0 Å². The van der Waals surface area contributed by atoms with Crippen LogP contribution in [-0.2, 0) is 0 Å². The van der Waals surface area contributed by atoms with Crippen molar-refractivity contribution in [1.82, 2.24) is 10.2 Å². The van der Waals surface area contributed by atoms with E-state index in [4.69, 9.17) is 0 Å². The van der Waals surface area contributed by atoms with E-state index >= 15 is 0 Å². The van der Waals surface area contributed by atoms with Gasteiger partial charge in [0.15, 0.2) is 0 Å². The van der Waals surface area contributed by atoms with Crippen molar-refractivity contribution < 1.29 is 0 Å². The van der Waals surface area contributed by atoms with Gasteiger partial charge in [-0.1, -0.05) is 27.7 Å². The van der Waals surface area contributed by atoms with Crippen LogP contribution in [0.5, 0.6) is 0 Å². The third kappa shape index (κ3) is 6.82. The molecule has 0 radical (unpaired) electrons. The van der Waals surface area contributed by atoms with Crippen molar-refractivity contribution in [3.05, 3.63) is 0 Å². The maximum atomic E-state index is 3.70. The molecule has 0 saturated carbocycles. The average Bonchev–Trinajstić information content (AvgIpc) is 2.48. The number of hydrogen-bond donors (Lipinski definition) is 1. The van der Waals surface area contributed by atoms with Crippen LogP contribution >= 0.6 is 11.8 Å². The largest absolute Gasteiger partial charge is 0.311 e. The molecule has 1 rings (SSSR count). The summed E-state index contributed by atoms with van der Waals surface area (Å²) in [5.74, 6) is 1.28. The van der Waals surface area contributed by atoms with Crippen molar-refractivity contribution in [3.63, 3.8) is 0 Å². The Bertz CT molecular complexity index is 296. The lowest BCUT2D eigenvalue weighted by Gasteiger charge is -2.37. The summed E-state index contributed by atoms with van der Waals surface area (Å²) in [6, 6.07) is 0. The van der Waals surface area contributed by atoms with E-state index in [0.717, 1.165) is 6.54 Å². The molecule has 0 spiro atoms. The lowest BCUT2D eigenvalue weighted by atomic mass is 9.85. The minimum absolute atomic E-state index is 0.215. The van der Waals surface area contributed by atoms with Crippen LogP contribution < -0.4 is 5.32 Å². The van der Waals surface area contributed by atoms with Gasteiger partial charge in [-0.05, 0) is 45.6 Å². The van der Waals surface area contributed by atoms with E-state index < -0.39 is 0 Å². The molecule has 120 valence electrons. The van der Waals surface area contributed by atoms with Gasteiger partial charge in [0.25, 0.3) is 0 Å². The van der Waals surface area contributed by atoms with E-state index in [1.165, 1.54) is 38.2 Å². The second-order valence-corrected chi connectivity index (χ2v) is 10.2. The average molecular weight is 301 g/mol. The smallest absolute Gasteiger partial charge is 0.0116 e.